The van der Waals surface area contributed by atoms with Crippen LogP contribution < -0.4 is 0 Å². The first-order valence-electron chi connectivity index (χ1n) is 13.1. The third-order valence-electron chi connectivity index (χ3n) is 8.92. The summed E-state index contributed by atoms with van der Waals surface area (Å²) in [5.41, 5.74) is 0.923. The number of allylic oxidation sites excluding steroid dienone is 2. The van der Waals surface area contributed by atoms with Gasteiger partial charge in [-0.2, -0.15) is 0 Å². The van der Waals surface area contributed by atoms with Crippen LogP contribution in [0.1, 0.15) is 65.2 Å². The summed E-state index contributed by atoms with van der Waals surface area (Å²) in [5.74, 6) is 0.536. The molecule has 0 aliphatic heterocycles. The van der Waals surface area contributed by atoms with Crippen molar-refractivity contribution in [1.82, 2.24) is 0 Å². The van der Waals surface area contributed by atoms with Crippen LogP contribution in [0.3, 0.4) is 0 Å². The Labute approximate surface area is 204 Å². The van der Waals surface area contributed by atoms with Gasteiger partial charge in [0.1, 0.15) is 0 Å². The number of hydrogen-bond acceptors (Lipinski definition) is 6. The van der Waals surface area contributed by atoms with E-state index in [0.717, 1.165) is 31.6 Å². The van der Waals surface area contributed by atoms with Gasteiger partial charge in [-0.05, 0) is 99.7 Å². The molecule has 6 heteroatoms. The van der Waals surface area contributed by atoms with E-state index in [1.165, 1.54) is 25.7 Å². The molecule has 4 rings (SSSR count). The summed E-state index contributed by atoms with van der Waals surface area (Å²) in [4.78, 5) is 24.0. The van der Waals surface area contributed by atoms with Gasteiger partial charge in [-0.15, -0.1) is 13.2 Å². The molecule has 0 saturated heterocycles. The van der Waals surface area contributed by atoms with Crippen LogP contribution in [0, 0.1) is 46.3 Å². The standard InChI is InChI=1S/C16H24O4.C12H20O2/c1-4-11-7-16(8-11)9-12(10-16)13(14(17)19-5-2)15(18)20-6-3;1-2-9-3-12(4-9)5-10(6-12)11(7-13)8-14/h4,11-13H,1,5-10H2,2-3H3;2,9-11,13-14H,1,3-8H2. The maximum atomic E-state index is 12.0. The SMILES string of the molecule is C=CC1CC2(C1)CC(C(C(=O)OCC)C(=O)OCC)C2.C=CC1CC2(C1)CC(C(CO)CO)C2. The molecule has 0 aromatic carbocycles. The Morgan fingerprint density at radius 3 is 1.50 bits per heavy atom. The Morgan fingerprint density at radius 1 is 0.794 bits per heavy atom. The third-order valence-corrected chi connectivity index (χ3v) is 8.92. The fraction of sp³-hybridized carbons (Fsp3) is 0.786. The van der Waals surface area contributed by atoms with Gasteiger partial charge in [-0.3, -0.25) is 9.59 Å². The van der Waals surface area contributed by atoms with E-state index < -0.39 is 17.9 Å². The first-order valence-corrected chi connectivity index (χ1v) is 13.1. The van der Waals surface area contributed by atoms with Gasteiger partial charge in [0.25, 0.3) is 0 Å². The molecule has 192 valence electrons. The van der Waals surface area contributed by atoms with Crippen LogP contribution in [0.15, 0.2) is 25.3 Å². The van der Waals surface area contributed by atoms with E-state index in [9.17, 15) is 9.59 Å². The smallest absolute Gasteiger partial charge is 0.320 e. The zero-order valence-corrected chi connectivity index (χ0v) is 21.0. The second-order valence-corrected chi connectivity index (χ2v) is 11.3. The molecule has 34 heavy (non-hydrogen) atoms. The minimum atomic E-state index is -0.733. The first kappa shape index (κ1) is 26.9. The Morgan fingerprint density at radius 2 is 1.18 bits per heavy atom. The average molecular weight is 477 g/mol. The van der Waals surface area contributed by atoms with E-state index in [0.29, 0.717) is 35.9 Å². The summed E-state index contributed by atoms with van der Waals surface area (Å²) in [5, 5.41) is 18.1. The van der Waals surface area contributed by atoms with Crippen molar-refractivity contribution in [3.8, 4) is 0 Å². The molecule has 0 atom stereocenters. The minimum Gasteiger partial charge on any atom is -0.465 e. The fourth-order valence-corrected chi connectivity index (χ4v) is 7.08. The fourth-order valence-electron chi connectivity index (χ4n) is 7.08. The summed E-state index contributed by atoms with van der Waals surface area (Å²) < 4.78 is 10.1. The maximum Gasteiger partial charge on any atom is 0.320 e. The van der Waals surface area contributed by atoms with Crippen LogP contribution in [-0.4, -0.2) is 48.6 Å². The van der Waals surface area contributed by atoms with Crippen molar-refractivity contribution in [3.63, 3.8) is 0 Å². The third kappa shape index (κ3) is 5.59. The summed E-state index contributed by atoms with van der Waals surface area (Å²) in [6.45, 7) is 12.0. The van der Waals surface area contributed by atoms with E-state index >= 15 is 0 Å². The van der Waals surface area contributed by atoms with Gasteiger partial charge >= 0.3 is 11.9 Å². The van der Waals surface area contributed by atoms with Crippen LogP contribution in [0.4, 0.5) is 0 Å². The zero-order valence-electron chi connectivity index (χ0n) is 21.0. The second kappa shape index (κ2) is 11.4. The molecule has 0 amide bonds. The number of rotatable bonds is 10. The minimum absolute atomic E-state index is 0.0823. The molecule has 0 aromatic heterocycles. The molecule has 4 aliphatic carbocycles. The molecule has 0 bridgehead atoms. The topological polar surface area (TPSA) is 93.1 Å². The number of aliphatic hydroxyl groups is 2. The van der Waals surface area contributed by atoms with E-state index in [-0.39, 0.29) is 25.0 Å². The molecule has 0 radical (unpaired) electrons. The second-order valence-electron chi connectivity index (χ2n) is 11.3. The Bertz CT molecular complexity index is 695. The van der Waals surface area contributed by atoms with Crippen LogP contribution >= 0.6 is 0 Å². The summed E-state index contributed by atoms with van der Waals surface area (Å²) in [6, 6.07) is 0. The van der Waals surface area contributed by atoms with E-state index in [2.05, 4.69) is 19.2 Å². The predicted octanol–water partition coefficient (Wildman–Crippen LogP) is 4.30. The van der Waals surface area contributed by atoms with Crippen molar-refractivity contribution in [2.45, 2.75) is 65.2 Å². The predicted molar refractivity (Wildman–Crippen MR) is 131 cm³/mol. The molecule has 2 N–H and O–H groups in total. The number of hydrogen-bond donors (Lipinski definition) is 2. The molecule has 0 unspecified atom stereocenters. The highest BCUT2D eigenvalue weighted by Crippen LogP contribution is 2.63. The summed E-state index contributed by atoms with van der Waals surface area (Å²) in [6.07, 6.45) is 13.2. The van der Waals surface area contributed by atoms with Crippen molar-refractivity contribution in [2.24, 2.45) is 46.3 Å². The molecule has 4 fully saturated rings. The highest BCUT2D eigenvalue weighted by Gasteiger charge is 2.57. The normalized spacial score (nSPS) is 35.2. The van der Waals surface area contributed by atoms with Crippen molar-refractivity contribution in [3.05, 3.63) is 25.3 Å². The number of esters is 2. The molecule has 6 nitrogen and oxygen atoms in total. The van der Waals surface area contributed by atoms with E-state index in [4.69, 9.17) is 19.7 Å². The van der Waals surface area contributed by atoms with Crippen molar-refractivity contribution < 1.29 is 29.3 Å². The van der Waals surface area contributed by atoms with Gasteiger partial charge in [0.2, 0.25) is 0 Å². The van der Waals surface area contributed by atoms with E-state index in [1.807, 2.05) is 6.08 Å². The van der Waals surface area contributed by atoms with Crippen molar-refractivity contribution >= 4 is 11.9 Å². The number of carbonyl (C=O) groups is 2. The summed E-state index contributed by atoms with van der Waals surface area (Å²) >= 11 is 0. The summed E-state index contributed by atoms with van der Waals surface area (Å²) in [7, 11) is 0. The van der Waals surface area contributed by atoms with Crippen molar-refractivity contribution in [1.29, 1.82) is 0 Å². The highest BCUT2D eigenvalue weighted by atomic mass is 16.6. The molecule has 0 heterocycles. The Balaban J connectivity index is 0.000000202. The lowest BCUT2D eigenvalue weighted by molar-refractivity contribution is -0.173. The molecule has 4 aliphatic rings. The number of carbonyl (C=O) groups excluding carboxylic acids is 2. The van der Waals surface area contributed by atoms with Crippen LogP contribution in [0.25, 0.3) is 0 Å². The lowest BCUT2D eigenvalue weighted by Gasteiger charge is -2.59. The van der Waals surface area contributed by atoms with E-state index in [1.54, 1.807) is 13.8 Å². The molecular formula is C28H44O6. The van der Waals surface area contributed by atoms with Crippen molar-refractivity contribution in [2.75, 3.05) is 26.4 Å². The maximum absolute atomic E-state index is 12.0. The largest absolute Gasteiger partial charge is 0.465 e. The number of aliphatic hydroxyl groups excluding tert-OH is 2. The number of ether oxygens (including phenoxy) is 2. The van der Waals surface area contributed by atoms with Gasteiger partial charge in [0.05, 0.1) is 13.2 Å². The van der Waals surface area contributed by atoms with Gasteiger partial charge in [-0.1, -0.05) is 12.2 Å². The lowest BCUT2D eigenvalue weighted by atomic mass is 9.46. The Kier molecular flexibility index (Phi) is 9.02. The van der Waals surface area contributed by atoms with Gasteiger partial charge in [0, 0.05) is 19.1 Å². The van der Waals surface area contributed by atoms with Gasteiger partial charge in [-0.25, -0.2) is 0 Å². The quantitative estimate of drug-likeness (QED) is 0.277. The van der Waals surface area contributed by atoms with Crippen LogP contribution in [-0.2, 0) is 19.1 Å². The van der Waals surface area contributed by atoms with Gasteiger partial charge in [0.15, 0.2) is 5.92 Å². The van der Waals surface area contributed by atoms with Crippen LogP contribution in [0.2, 0.25) is 0 Å². The zero-order chi connectivity index (χ0) is 24.9. The lowest BCUT2D eigenvalue weighted by Crippen LogP contribution is -2.52. The monoisotopic (exact) mass is 476 g/mol. The molecular weight excluding hydrogens is 432 g/mol. The molecule has 4 saturated carbocycles. The van der Waals surface area contributed by atoms with Gasteiger partial charge < -0.3 is 19.7 Å². The first-order chi connectivity index (χ1) is 16.3. The molecule has 0 aromatic rings. The highest BCUT2D eigenvalue weighted by molar-refractivity contribution is 5.95. The molecule has 2 spiro atoms. The Hall–Kier alpha value is -1.66. The average Bonchev–Trinajstić information content (AvgIpc) is 2.70. The van der Waals surface area contributed by atoms with Crippen LogP contribution in [0.5, 0.6) is 0 Å².